The highest BCUT2D eigenvalue weighted by molar-refractivity contribution is 5.66. The topological polar surface area (TPSA) is 37.8 Å². The fourth-order valence-corrected chi connectivity index (χ4v) is 2.03. The van der Waals surface area contributed by atoms with E-state index in [0.29, 0.717) is 5.56 Å². The fourth-order valence-electron chi connectivity index (χ4n) is 2.03. The SMILES string of the molecule is CCCNc1nnc(-c2ccc(C)c(F)c2)c(C)c1C. The van der Waals surface area contributed by atoms with Gasteiger partial charge in [-0.1, -0.05) is 19.1 Å². The molecule has 106 valence electrons. The molecular weight excluding hydrogens is 253 g/mol. The number of halogens is 1. The van der Waals surface area contributed by atoms with Gasteiger partial charge in [0.15, 0.2) is 5.82 Å². The van der Waals surface area contributed by atoms with Crippen molar-refractivity contribution in [3.05, 3.63) is 40.7 Å². The van der Waals surface area contributed by atoms with Crippen LogP contribution < -0.4 is 5.32 Å². The van der Waals surface area contributed by atoms with Gasteiger partial charge in [0.25, 0.3) is 0 Å². The molecule has 4 heteroatoms. The Kier molecular flexibility index (Phi) is 4.32. The average Bonchev–Trinajstić information content (AvgIpc) is 2.44. The van der Waals surface area contributed by atoms with Gasteiger partial charge >= 0.3 is 0 Å². The van der Waals surface area contributed by atoms with Crippen molar-refractivity contribution in [2.45, 2.75) is 34.1 Å². The number of aromatic nitrogens is 2. The summed E-state index contributed by atoms with van der Waals surface area (Å²) in [6, 6.07) is 5.17. The van der Waals surface area contributed by atoms with Crippen LogP contribution in [0.4, 0.5) is 10.2 Å². The third kappa shape index (κ3) is 2.79. The highest BCUT2D eigenvalue weighted by atomic mass is 19.1. The van der Waals surface area contributed by atoms with Crippen LogP contribution in [0, 0.1) is 26.6 Å². The van der Waals surface area contributed by atoms with E-state index >= 15 is 0 Å². The molecule has 1 aromatic carbocycles. The largest absolute Gasteiger partial charge is 0.368 e. The molecule has 0 saturated heterocycles. The van der Waals surface area contributed by atoms with Gasteiger partial charge in [-0.15, -0.1) is 10.2 Å². The first kappa shape index (κ1) is 14.4. The van der Waals surface area contributed by atoms with Gasteiger partial charge < -0.3 is 5.32 Å². The van der Waals surface area contributed by atoms with Crippen molar-refractivity contribution in [2.75, 3.05) is 11.9 Å². The summed E-state index contributed by atoms with van der Waals surface area (Å²) in [5.74, 6) is 0.593. The molecule has 0 aliphatic carbocycles. The quantitative estimate of drug-likeness (QED) is 0.914. The van der Waals surface area contributed by atoms with Gasteiger partial charge in [-0.2, -0.15) is 0 Å². The molecule has 20 heavy (non-hydrogen) atoms. The van der Waals surface area contributed by atoms with Crippen LogP contribution in [0.2, 0.25) is 0 Å². The number of hydrogen-bond donors (Lipinski definition) is 1. The van der Waals surface area contributed by atoms with Crippen LogP contribution >= 0.6 is 0 Å². The maximum Gasteiger partial charge on any atom is 0.151 e. The second-order valence-electron chi connectivity index (χ2n) is 5.04. The molecule has 0 radical (unpaired) electrons. The predicted octanol–water partition coefficient (Wildman–Crippen LogP) is 4.03. The van der Waals surface area contributed by atoms with Gasteiger partial charge in [-0.3, -0.25) is 0 Å². The summed E-state index contributed by atoms with van der Waals surface area (Å²) >= 11 is 0. The summed E-state index contributed by atoms with van der Waals surface area (Å²) in [7, 11) is 0. The molecular formula is C16H20FN3. The molecule has 3 nitrogen and oxygen atoms in total. The molecule has 0 aliphatic rings. The van der Waals surface area contributed by atoms with E-state index in [2.05, 4.69) is 22.4 Å². The van der Waals surface area contributed by atoms with Crippen molar-refractivity contribution < 1.29 is 4.39 Å². The molecule has 0 saturated carbocycles. The molecule has 0 unspecified atom stereocenters. The van der Waals surface area contributed by atoms with Gasteiger partial charge in [0.1, 0.15) is 5.82 Å². The molecule has 2 rings (SSSR count). The Bertz CT molecular complexity index is 623. The van der Waals surface area contributed by atoms with Crippen molar-refractivity contribution in [3.8, 4) is 11.3 Å². The minimum atomic E-state index is -0.213. The Labute approximate surface area is 119 Å². The van der Waals surface area contributed by atoms with Gasteiger partial charge in [0, 0.05) is 12.1 Å². The van der Waals surface area contributed by atoms with Gasteiger partial charge in [-0.25, -0.2) is 4.39 Å². The first-order valence-corrected chi connectivity index (χ1v) is 6.88. The lowest BCUT2D eigenvalue weighted by molar-refractivity contribution is 0.619. The van der Waals surface area contributed by atoms with Crippen LogP contribution in [0.15, 0.2) is 18.2 Å². The minimum Gasteiger partial charge on any atom is -0.368 e. The first-order valence-electron chi connectivity index (χ1n) is 6.88. The van der Waals surface area contributed by atoms with E-state index in [9.17, 15) is 4.39 Å². The van der Waals surface area contributed by atoms with E-state index in [0.717, 1.165) is 41.2 Å². The van der Waals surface area contributed by atoms with Crippen LogP contribution in [0.1, 0.15) is 30.0 Å². The summed E-state index contributed by atoms with van der Waals surface area (Å²) in [6.07, 6.45) is 1.03. The second-order valence-corrected chi connectivity index (χ2v) is 5.04. The Balaban J connectivity index is 2.42. The highest BCUT2D eigenvalue weighted by Crippen LogP contribution is 2.27. The third-order valence-corrected chi connectivity index (χ3v) is 3.51. The zero-order valence-electron chi connectivity index (χ0n) is 12.4. The van der Waals surface area contributed by atoms with Crippen LogP contribution in [-0.2, 0) is 0 Å². The number of benzene rings is 1. The Morgan fingerprint density at radius 2 is 1.85 bits per heavy atom. The van der Waals surface area contributed by atoms with E-state index in [1.54, 1.807) is 13.0 Å². The maximum atomic E-state index is 13.7. The van der Waals surface area contributed by atoms with E-state index in [1.807, 2.05) is 19.9 Å². The molecule has 0 fully saturated rings. The maximum absolute atomic E-state index is 13.7. The monoisotopic (exact) mass is 273 g/mol. The Hall–Kier alpha value is -1.97. The number of aryl methyl sites for hydroxylation is 1. The molecule has 1 heterocycles. The van der Waals surface area contributed by atoms with Crippen molar-refractivity contribution >= 4 is 5.82 Å². The predicted molar refractivity (Wildman–Crippen MR) is 80.4 cm³/mol. The average molecular weight is 273 g/mol. The molecule has 1 aromatic heterocycles. The van der Waals surface area contributed by atoms with Crippen LogP contribution in [-0.4, -0.2) is 16.7 Å². The molecule has 0 atom stereocenters. The van der Waals surface area contributed by atoms with Gasteiger partial charge in [-0.05, 0) is 49.9 Å². The number of nitrogens with one attached hydrogen (secondary N) is 1. The Morgan fingerprint density at radius 1 is 1.10 bits per heavy atom. The van der Waals surface area contributed by atoms with E-state index < -0.39 is 0 Å². The van der Waals surface area contributed by atoms with Gasteiger partial charge in [0.05, 0.1) is 5.69 Å². The lowest BCUT2D eigenvalue weighted by atomic mass is 10.0. The molecule has 2 aromatic rings. The summed E-state index contributed by atoms with van der Waals surface area (Å²) in [5.41, 5.74) is 4.23. The lowest BCUT2D eigenvalue weighted by Crippen LogP contribution is -2.07. The molecule has 0 aliphatic heterocycles. The zero-order chi connectivity index (χ0) is 14.7. The van der Waals surface area contributed by atoms with E-state index in [-0.39, 0.29) is 5.82 Å². The number of nitrogens with zero attached hydrogens (tertiary/aromatic N) is 2. The zero-order valence-corrected chi connectivity index (χ0v) is 12.4. The normalized spacial score (nSPS) is 10.7. The number of hydrogen-bond acceptors (Lipinski definition) is 3. The van der Waals surface area contributed by atoms with E-state index in [1.165, 1.54) is 6.07 Å². The van der Waals surface area contributed by atoms with Crippen molar-refractivity contribution in [3.63, 3.8) is 0 Å². The van der Waals surface area contributed by atoms with Crippen molar-refractivity contribution in [2.24, 2.45) is 0 Å². The van der Waals surface area contributed by atoms with Crippen molar-refractivity contribution in [1.82, 2.24) is 10.2 Å². The lowest BCUT2D eigenvalue weighted by Gasteiger charge is -2.12. The fraction of sp³-hybridized carbons (Fsp3) is 0.375. The standard InChI is InChI=1S/C16H20FN3/c1-5-8-18-16-12(4)11(3)15(19-20-16)13-7-6-10(2)14(17)9-13/h6-7,9H,5,8H2,1-4H3,(H,18,20). The summed E-state index contributed by atoms with van der Waals surface area (Å²) < 4.78 is 13.7. The van der Waals surface area contributed by atoms with Crippen LogP contribution in [0.25, 0.3) is 11.3 Å². The minimum absolute atomic E-state index is 0.213. The van der Waals surface area contributed by atoms with E-state index in [4.69, 9.17) is 0 Å². The van der Waals surface area contributed by atoms with Crippen molar-refractivity contribution in [1.29, 1.82) is 0 Å². The van der Waals surface area contributed by atoms with Crippen LogP contribution in [0.5, 0.6) is 0 Å². The summed E-state index contributed by atoms with van der Waals surface area (Å²) in [6.45, 7) is 8.73. The first-order chi connectivity index (χ1) is 9.54. The highest BCUT2D eigenvalue weighted by Gasteiger charge is 2.12. The molecule has 0 amide bonds. The second kappa shape index (κ2) is 5.99. The Morgan fingerprint density at radius 3 is 2.50 bits per heavy atom. The molecule has 1 N–H and O–H groups in total. The smallest absolute Gasteiger partial charge is 0.151 e. The van der Waals surface area contributed by atoms with Gasteiger partial charge in [0.2, 0.25) is 0 Å². The molecule has 0 spiro atoms. The summed E-state index contributed by atoms with van der Waals surface area (Å²) in [4.78, 5) is 0. The summed E-state index contributed by atoms with van der Waals surface area (Å²) in [5, 5.41) is 11.7. The molecule has 0 bridgehead atoms. The number of rotatable bonds is 4. The number of anilines is 1. The van der Waals surface area contributed by atoms with Crippen LogP contribution in [0.3, 0.4) is 0 Å². The third-order valence-electron chi connectivity index (χ3n) is 3.51.